The predicted octanol–water partition coefficient (Wildman–Crippen LogP) is 3.66. The fourth-order valence-corrected chi connectivity index (χ4v) is 5.95. The number of nitrogens with one attached hydrogen (secondary N) is 2. The molecule has 17 heteroatoms. The zero-order valence-corrected chi connectivity index (χ0v) is 26.4. The number of aromatic nitrogens is 3. The van der Waals surface area contributed by atoms with Gasteiger partial charge in [0.25, 0.3) is 20.3 Å². The molecule has 2 heterocycles. The molecule has 0 radical (unpaired) electrons. The van der Waals surface area contributed by atoms with Crippen LogP contribution in [0.25, 0.3) is 16.2 Å². The summed E-state index contributed by atoms with van der Waals surface area (Å²) in [4.78, 5) is 33.9. The molecule has 0 aliphatic carbocycles. The molecule has 44 heavy (non-hydrogen) atoms. The normalized spacial score (nSPS) is 12.4. The van der Waals surface area contributed by atoms with Crippen molar-refractivity contribution in [3.05, 3.63) is 59.8 Å². The van der Waals surface area contributed by atoms with Gasteiger partial charge in [0.1, 0.15) is 23.1 Å². The number of imidazole rings is 1. The Labute approximate surface area is 262 Å². The first kappa shape index (κ1) is 32.5. The molecule has 0 bridgehead atoms. The van der Waals surface area contributed by atoms with Crippen molar-refractivity contribution in [2.24, 2.45) is 16.5 Å². The van der Waals surface area contributed by atoms with Gasteiger partial charge in [-0.25, -0.2) is 19.0 Å². The van der Waals surface area contributed by atoms with E-state index in [-0.39, 0.29) is 34.6 Å². The maximum Gasteiger partial charge on any atom is 0.408 e. The van der Waals surface area contributed by atoms with Gasteiger partial charge in [-0.3, -0.25) is 9.79 Å². The van der Waals surface area contributed by atoms with Gasteiger partial charge in [-0.15, -0.1) is 5.10 Å². The number of benzene rings is 2. The molecule has 2 amide bonds. The van der Waals surface area contributed by atoms with Crippen LogP contribution in [0.5, 0.6) is 11.5 Å². The Bertz CT molecular complexity index is 1730. The van der Waals surface area contributed by atoms with Crippen LogP contribution in [-0.2, 0) is 19.6 Å². The summed E-state index contributed by atoms with van der Waals surface area (Å²) in [5.74, 6) is 0.128. The SMILES string of the molecule is CC(C)(C)OC(=O)NC(CCCN=C(N)N)C(=O)NS(=O)(=O)c1nn2cc(-c3ccc(Oc4ccc(Cl)cc4)cc3)nc2s1. The average molecular weight is 663 g/mol. The molecule has 2 aromatic heterocycles. The lowest BCUT2D eigenvalue weighted by Crippen LogP contribution is -2.49. The van der Waals surface area contributed by atoms with E-state index in [0.717, 1.165) is 16.9 Å². The standard InChI is InChI=1S/C27H31ClN8O6S2/c1-27(2,3)42-25(38)33-20(5-4-14-31-23(29)30)22(37)35-44(39,40)26-34-36-15-21(32-24(36)43-26)16-6-10-18(11-7-16)41-19-12-8-17(28)9-13-19/h6-13,15,20H,4-5,14H2,1-3H3,(H,33,38)(H,35,37)(H4,29,30,31). The third-order valence-corrected chi connectivity index (χ3v) is 8.53. The van der Waals surface area contributed by atoms with Crippen LogP contribution in [-0.4, -0.2) is 59.2 Å². The first-order chi connectivity index (χ1) is 20.7. The van der Waals surface area contributed by atoms with Gasteiger partial charge in [0.2, 0.25) is 4.96 Å². The molecule has 234 valence electrons. The second kappa shape index (κ2) is 13.5. The van der Waals surface area contributed by atoms with Gasteiger partial charge >= 0.3 is 6.09 Å². The Morgan fingerprint density at radius 1 is 1.09 bits per heavy atom. The number of alkyl carbamates (subject to hydrolysis) is 1. The molecular formula is C27H31ClN8O6S2. The van der Waals surface area contributed by atoms with Crippen LogP contribution in [0.15, 0.2) is 64.1 Å². The summed E-state index contributed by atoms with van der Waals surface area (Å²) in [6, 6.07) is 12.9. The van der Waals surface area contributed by atoms with Crippen LogP contribution in [0.3, 0.4) is 0 Å². The minimum atomic E-state index is -4.40. The number of carbonyl (C=O) groups excluding carboxylic acids is 2. The highest BCUT2D eigenvalue weighted by atomic mass is 35.5. The Kier molecular flexibility index (Phi) is 9.96. The lowest BCUT2D eigenvalue weighted by atomic mass is 10.1. The largest absolute Gasteiger partial charge is 0.457 e. The van der Waals surface area contributed by atoms with Gasteiger partial charge in [0, 0.05) is 17.1 Å². The minimum Gasteiger partial charge on any atom is -0.457 e. The number of hydrogen-bond acceptors (Lipinski definition) is 10. The number of nitrogens with two attached hydrogens (primary N) is 2. The topological polar surface area (TPSA) is 205 Å². The van der Waals surface area contributed by atoms with Gasteiger partial charge in [-0.05, 0) is 82.1 Å². The highest BCUT2D eigenvalue weighted by Crippen LogP contribution is 2.28. The summed E-state index contributed by atoms with van der Waals surface area (Å²) in [6.07, 6.45) is 0.985. The molecule has 1 atom stereocenters. The third-order valence-electron chi connectivity index (χ3n) is 5.64. The summed E-state index contributed by atoms with van der Waals surface area (Å²) in [6.45, 7) is 5.13. The lowest BCUT2D eigenvalue weighted by Gasteiger charge is -2.23. The molecule has 14 nitrogen and oxygen atoms in total. The number of sulfonamides is 1. The van der Waals surface area contributed by atoms with E-state index in [0.29, 0.717) is 22.2 Å². The molecule has 4 rings (SSSR count). The molecule has 6 N–H and O–H groups in total. The van der Waals surface area contributed by atoms with Crippen LogP contribution in [0.1, 0.15) is 33.6 Å². The molecule has 0 spiro atoms. The number of halogens is 1. The zero-order chi connectivity index (χ0) is 32.1. The number of aliphatic imine (C=N–C) groups is 1. The van der Waals surface area contributed by atoms with Crippen molar-refractivity contribution in [2.75, 3.05) is 6.54 Å². The number of fused-ring (bicyclic) bond motifs is 1. The fraction of sp³-hybridized carbons (Fsp3) is 0.296. The Hall–Kier alpha value is -4.41. The summed E-state index contributed by atoms with van der Waals surface area (Å²) in [5.41, 5.74) is 11.1. The Morgan fingerprint density at radius 2 is 1.73 bits per heavy atom. The van der Waals surface area contributed by atoms with Crippen molar-refractivity contribution >= 4 is 55.9 Å². The quantitative estimate of drug-likeness (QED) is 0.104. The van der Waals surface area contributed by atoms with Crippen molar-refractivity contribution in [3.8, 4) is 22.8 Å². The van der Waals surface area contributed by atoms with E-state index < -0.39 is 33.7 Å². The first-order valence-electron chi connectivity index (χ1n) is 13.2. The molecule has 1 unspecified atom stereocenters. The van der Waals surface area contributed by atoms with E-state index in [1.54, 1.807) is 75.5 Å². The second-order valence-corrected chi connectivity index (χ2v) is 13.7. The van der Waals surface area contributed by atoms with E-state index in [1.807, 2.05) is 4.72 Å². The number of ether oxygens (including phenoxy) is 2. The molecule has 0 aliphatic heterocycles. The van der Waals surface area contributed by atoms with E-state index >= 15 is 0 Å². The molecule has 0 fully saturated rings. The summed E-state index contributed by atoms with van der Waals surface area (Å²) in [5, 5.41) is 7.12. The van der Waals surface area contributed by atoms with Crippen molar-refractivity contribution in [1.29, 1.82) is 0 Å². The summed E-state index contributed by atoms with van der Waals surface area (Å²) in [7, 11) is -4.40. The van der Waals surface area contributed by atoms with Gasteiger partial charge in [0.05, 0.1) is 11.9 Å². The Morgan fingerprint density at radius 3 is 2.32 bits per heavy atom. The van der Waals surface area contributed by atoms with Gasteiger partial charge in [0.15, 0.2) is 5.96 Å². The monoisotopic (exact) mass is 662 g/mol. The molecule has 0 saturated heterocycles. The molecule has 2 aromatic carbocycles. The maximum atomic E-state index is 13.1. The van der Waals surface area contributed by atoms with Crippen LogP contribution in [0, 0.1) is 0 Å². The number of carbonyl (C=O) groups is 2. The van der Waals surface area contributed by atoms with Crippen LogP contribution < -0.4 is 26.2 Å². The smallest absolute Gasteiger partial charge is 0.408 e. The molecule has 4 aromatic rings. The maximum absolute atomic E-state index is 13.1. The van der Waals surface area contributed by atoms with Crippen LogP contribution in [0.2, 0.25) is 5.02 Å². The van der Waals surface area contributed by atoms with Crippen molar-refractivity contribution in [3.63, 3.8) is 0 Å². The number of guanidine groups is 1. The molecule has 0 aliphatic rings. The highest BCUT2D eigenvalue weighted by Gasteiger charge is 2.30. The van der Waals surface area contributed by atoms with E-state index in [2.05, 4.69) is 20.4 Å². The van der Waals surface area contributed by atoms with E-state index in [9.17, 15) is 18.0 Å². The minimum absolute atomic E-state index is 0.0332. The van der Waals surface area contributed by atoms with E-state index in [1.165, 1.54) is 4.52 Å². The van der Waals surface area contributed by atoms with Gasteiger partial charge < -0.3 is 26.3 Å². The van der Waals surface area contributed by atoms with Crippen molar-refractivity contribution < 1.29 is 27.5 Å². The first-order valence-corrected chi connectivity index (χ1v) is 15.9. The summed E-state index contributed by atoms with van der Waals surface area (Å²) >= 11 is 6.68. The predicted molar refractivity (Wildman–Crippen MR) is 166 cm³/mol. The lowest BCUT2D eigenvalue weighted by molar-refractivity contribution is -0.121. The van der Waals surface area contributed by atoms with Gasteiger partial charge in [-0.1, -0.05) is 22.9 Å². The highest BCUT2D eigenvalue weighted by molar-refractivity contribution is 7.92. The number of hydrogen-bond donors (Lipinski definition) is 4. The van der Waals surface area contributed by atoms with Crippen LogP contribution >= 0.6 is 22.9 Å². The van der Waals surface area contributed by atoms with Gasteiger partial charge in [-0.2, -0.15) is 8.42 Å². The Balaban J connectivity index is 1.44. The fourth-order valence-electron chi connectivity index (χ4n) is 3.73. The second-order valence-electron chi connectivity index (χ2n) is 10.4. The molecular weight excluding hydrogens is 632 g/mol. The van der Waals surface area contributed by atoms with Crippen molar-refractivity contribution in [2.45, 2.75) is 49.6 Å². The van der Waals surface area contributed by atoms with E-state index in [4.69, 9.17) is 32.5 Å². The third kappa shape index (κ3) is 9.05. The molecule has 0 saturated carbocycles. The number of amides is 2. The van der Waals surface area contributed by atoms with Crippen molar-refractivity contribution in [1.82, 2.24) is 24.6 Å². The zero-order valence-electron chi connectivity index (χ0n) is 24.0. The number of nitrogens with zero attached hydrogens (tertiary/aromatic N) is 4. The summed E-state index contributed by atoms with van der Waals surface area (Å²) < 4.78 is 40.1. The average Bonchev–Trinajstić information content (AvgIpc) is 3.51. The number of rotatable bonds is 11. The van der Waals surface area contributed by atoms with Crippen LogP contribution in [0.4, 0.5) is 4.79 Å².